The highest BCUT2D eigenvalue weighted by molar-refractivity contribution is 7.92. The Kier molecular flexibility index (Phi) is 7.28. The van der Waals surface area contributed by atoms with E-state index >= 15 is 0 Å². The van der Waals surface area contributed by atoms with E-state index in [4.69, 9.17) is 11.6 Å². The van der Waals surface area contributed by atoms with Crippen molar-refractivity contribution in [2.45, 2.75) is 59.5 Å². The van der Waals surface area contributed by atoms with Gasteiger partial charge in [0, 0.05) is 29.9 Å². The summed E-state index contributed by atoms with van der Waals surface area (Å²) >= 11 is 6.25. The molecule has 0 saturated heterocycles. The van der Waals surface area contributed by atoms with Gasteiger partial charge in [0.25, 0.3) is 5.91 Å². The number of hydrogen-bond acceptors (Lipinski definition) is 6. The average Bonchev–Trinajstić information content (AvgIpc) is 3.67. The Hall–Kier alpha value is -2.19. The number of carbonyl (C=O) groups excluding carboxylic acids is 1. The molecule has 0 aliphatic heterocycles. The van der Waals surface area contributed by atoms with Gasteiger partial charge in [0.15, 0.2) is 27.3 Å². The number of carbonyl (C=O) groups is 1. The van der Waals surface area contributed by atoms with Gasteiger partial charge in [-0.15, -0.1) is 0 Å². The lowest BCUT2D eigenvalue weighted by Crippen LogP contribution is -2.52. The van der Waals surface area contributed by atoms with Crippen LogP contribution in [0.15, 0.2) is 35.2 Å². The summed E-state index contributed by atoms with van der Waals surface area (Å²) in [5.41, 5.74) is -1.90. The van der Waals surface area contributed by atoms with Gasteiger partial charge in [-0.05, 0) is 68.6 Å². The number of halogens is 4. The predicted molar refractivity (Wildman–Crippen MR) is 137 cm³/mol. The van der Waals surface area contributed by atoms with Crippen molar-refractivity contribution in [3.05, 3.63) is 58.4 Å². The van der Waals surface area contributed by atoms with E-state index in [2.05, 4.69) is 10.0 Å². The van der Waals surface area contributed by atoms with Crippen LogP contribution in [0, 0.1) is 29.3 Å². The third kappa shape index (κ3) is 5.56. The normalized spacial score (nSPS) is 26.9. The van der Waals surface area contributed by atoms with Gasteiger partial charge in [-0.1, -0.05) is 11.6 Å². The van der Waals surface area contributed by atoms with Crippen LogP contribution in [0.25, 0.3) is 0 Å². The molecule has 2 aromatic rings. The molecule has 0 aromatic heterocycles. The molecule has 1 amide bonds. The molecule has 2 aromatic carbocycles. The number of benzene rings is 2. The molecule has 0 radical (unpaired) electrons. The van der Waals surface area contributed by atoms with Crippen LogP contribution in [0.3, 0.4) is 0 Å². The van der Waals surface area contributed by atoms with Crippen LogP contribution < -0.4 is 10.0 Å². The highest BCUT2D eigenvalue weighted by Gasteiger charge is 2.54. The minimum Gasteiger partial charge on any atom is -0.389 e. The maximum absolute atomic E-state index is 13.8. The molecule has 3 N–H and O–H groups in total. The highest BCUT2D eigenvalue weighted by atomic mass is 35.5. The second kappa shape index (κ2) is 10.0. The lowest BCUT2D eigenvalue weighted by atomic mass is 9.77. The van der Waals surface area contributed by atoms with E-state index in [1.807, 2.05) is 0 Å². The summed E-state index contributed by atoms with van der Waals surface area (Å²) < 4.78 is 94.9. The van der Waals surface area contributed by atoms with Gasteiger partial charge >= 0.3 is 0 Å². The zero-order valence-corrected chi connectivity index (χ0v) is 22.9. The molecule has 212 valence electrons. The molecule has 0 heterocycles. The highest BCUT2D eigenvalue weighted by Crippen LogP contribution is 2.51. The number of aliphatic hydroxyl groups is 1. The summed E-state index contributed by atoms with van der Waals surface area (Å²) in [7, 11) is -7.62. The number of fused-ring (bicyclic) bond motifs is 2. The fourth-order valence-electron chi connectivity index (χ4n) is 5.86. The van der Waals surface area contributed by atoms with E-state index in [9.17, 15) is 39.9 Å². The van der Waals surface area contributed by atoms with Crippen molar-refractivity contribution in [3.63, 3.8) is 0 Å². The first-order chi connectivity index (χ1) is 18.2. The van der Waals surface area contributed by atoms with E-state index in [-0.39, 0.29) is 40.6 Å². The first-order valence-electron chi connectivity index (χ1n) is 12.4. The van der Waals surface area contributed by atoms with Gasteiger partial charge in [0.05, 0.1) is 26.0 Å². The fraction of sp³-hybridized carbons (Fsp3) is 0.480. The molecule has 8 nitrogen and oxygen atoms in total. The van der Waals surface area contributed by atoms with Gasteiger partial charge in [0.1, 0.15) is 0 Å². The van der Waals surface area contributed by atoms with Crippen molar-refractivity contribution in [1.29, 1.82) is 0 Å². The number of amides is 1. The molecule has 14 heteroatoms. The van der Waals surface area contributed by atoms with Crippen LogP contribution in [0.1, 0.15) is 48.9 Å². The van der Waals surface area contributed by atoms with Crippen LogP contribution in [-0.2, 0) is 19.9 Å². The van der Waals surface area contributed by atoms with E-state index in [1.165, 1.54) is 12.1 Å². The summed E-state index contributed by atoms with van der Waals surface area (Å²) in [5, 5.41) is 11.9. The summed E-state index contributed by atoms with van der Waals surface area (Å²) in [6.45, 7) is -0.188. The molecule has 3 aliphatic carbocycles. The van der Waals surface area contributed by atoms with E-state index < -0.39 is 71.2 Å². The van der Waals surface area contributed by atoms with Crippen molar-refractivity contribution >= 4 is 43.1 Å². The Morgan fingerprint density at radius 2 is 1.56 bits per heavy atom. The van der Waals surface area contributed by atoms with Gasteiger partial charge < -0.3 is 10.4 Å². The summed E-state index contributed by atoms with van der Waals surface area (Å²) in [5.74, 6) is -6.50. The average molecular weight is 607 g/mol. The zero-order chi connectivity index (χ0) is 28.3. The fourth-order valence-corrected chi connectivity index (χ4v) is 10.2. The van der Waals surface area contributed by atoms with Gasteiger partial charge in [-0.3, -0.25) is 4.79 Å². The number of anilines is 1. The topological polar surface area (TPSA) is 130 Å². The maximum atomic E-state index is 13.8. The largest absolute Gasteiger partial charge is 0.389 e. The number of sulfone groups is 1. The number of sulfonamides is 1. The Morgan fingerprint density at radius 1 is 0.974 bits per heavy atom. The standard InChI is InChI=1S/C25H26ClF3N2O6S2/c26-18-6-3-13(24(32)31-16-8-19(27)22(29)20(28)9-16)7-21(18)38(34,35)23-14-1-2-15(23)11-25(33,10-14)12-30-39(36,37)17-4-5-17/h3,6-9,14-15,17,23,30,33H,1-2,4-5,10-12H2,(H,31,32)/t14-,15?,23+,25-/m0/s1. The molecule has 3 fully saturated rings. The molecule has 3 saturated carbocycles. The van der Waals surface area contributed by atoms with Crippen LogP contribution >= 0.6 is 11.6 Å². The van der Waals surface area contributed by atoms with Crippen LogP contribution in [0.4, 0.5) is 18.9 Å². The van der Waals surface area contributed by atoms with E-state index in [0.29, 0.717) is 37.8 Å². The first-order valence-corrected chi connectivity index (χ1v) is 15.9. The second-order valence-corrected chi connectivity index (χ2v) is 15.2. The van der Waals surface area contributed by atoms with Gasteiger partial charge in [-0.25, -0.2) is 34.7 Å². The quantitative estimate of drug-likeness (QED) is 0.392. The smallest absolute Gasteiger partial charge is 0.255 e. The molecule has 3 aliphatic rings. The van der Waals surface area contributed by atoms with Crippen LogP contribution in [0.5, 0.6) is 0 Å². The monoisotopic (exact) mass is 606 g/mol. The third-order valence-electron chi connectivity index (χ3n) is 7.79. The summed E-state index contributed by atoms with van der Waals surface area (Å²) in [4.78, 5) is 12.4. The molecular weight excluding hydrogens is 581 g/mol. The predicted octanol–water partition coefficient (Wildman–Crippen LogP) is 3.78. The Bertz CT molecular complexity index is 1510. The minimum atomic E-state index is -4.10. The van der Waals surface area contributed by atoms with Crippen molar-refractivity contribution < 1.29 is 39.9 Å². The summed E-state index contributed by atoms with van der Waals surface area (Å²) in [6, 6.07) is 4.73. The number of nitrogens with one attached hydrogen (secondary N) is 2. The Morgan fingerprint density at radius 3 is 2.13 bits per heavy atom. The molecule has 0 spiro atoms. The molecule has 39 heavy (non-hydrogen) atoms. The zero-order valence-electron chi connectivity index (χ0n) is 20.5. The lowest BCUT2D eigenvalue weighted by molar-refractivity contribution is -0.0136. The molecule has 4 atom stereocenters. The van der Waals surface area contributed by atoms with Crippen LogP contribution in [-0.4, -0.2) is 50.5 Å². The molecule has 1 unspecified atom stereocenters. The van der Waals surface area contributed by atoms with Crippen LogP contribution in [0.2, 0.25) is 5.02 Å². The third-order valence-corrected chi connectivity index (χ3v) is 12.6. The van der Waals surface area contributed by atoms with Crippen molar-refractivity contribution in [2.24, 2.45) is 11.8 Å². The SMILES string of the molecule is O=C(Nc1cc(F)c(F)c(F)c1)c1ccc(Cl)c(S(=O)(=O)[C@H]2C3CC[C@H]2C[C@@](O)(CNS(=O)(=O)C2CC2)C3)c1. The van der Waals surface area contributed by atoms with Crippen molar-refractivity contribution in [1.82, 2.24) is 4.72 Å². The summed E-state index contributed by atoms with van der Waals surface area (Å²) in [6.07, 6.45) is 2.36. The Labute approximate surface area is 228 Å². The minimum absolute atomic E-state index is 0.0834. The lowest BCUT2D eigenvalue weighted by Gasteiger charge is -2.41. The number of hydrogen-bond donors (Lipinski definition) is 3. The molecule has 5 rings (SSSR count). The van der Waals surface area contributed by atoms with Gasteiger partial charge in [0.2, 0.25) is 10.0 Å². The van der Waals surface area contributed by atoms with E-state index in [0.717, 1.165) is 6.07 Å². The first kappa shape index (κ1) is 28.3. The molecular formula is C25H26ClF3N2O6S2. The van der Waals surface area contributed by atoms with Crippen molar-refractivity contribution in [2.75, 3.05) is 11.9 Å². The number of rotatable bonds is 8. The van der Waals surface area contributed by atoms with Gasteiger partial charge in [-0.2, -0.15) is 0 Å². The van der Waals surface area contributed by atoms with Crippen molar-refractivity contribution in [3.8, 4) is 0 Å². The molecule has 2 bridgehead atoms. The maximum Gasteiger partial charge on any atom is 0.255 e. The van der Waals surface area contributed by atoms with E-state index in [1.54, 1.807) is 0 Å². The second-order valence-electron chi connectivity index (χ2n) is 10.7. The Balaban J connectivity index is 1.35.